The number of carbonyl (C=O) groups is 3. The van der Waals surface area contributed by atoms with Crippen LogP contribution in [0.1, 0.15) is 41.5 Å². The van der Waals surface area contributed by atoms with Crippen LogP contribution in [-0.2, 0) is 35.6 Å². The third-order valence-corrected chi connectivity index (χ3v) is 9.40. The van der Waals surface area contributed by atoms with Gasteiger partial charge in [0.1, 0.15) is 5.82 Å². The smallest absolute Gasteiger partial charge is 0.322 e. The van der Waals surface area contributed by atoms with Crippen LogP contribution in [0, 0.1) is 11.7 Å². The van der Waals surface area contributed by atoms with Crippen molar-refractivity contribution >= 4 is 46.0 Å². The molecule has 0 saturated carbocycles. The number of anilines is 1. The van der Waals surface area contributed by atoms with E-state index in [-0.39, 0.29) is 36.0 Å². The van der Waals surface area contributed by atoms with Gasteiger partial charge >= 0.3 is 6.03 Å². The minimum absolute atomic E-state index is 0.0720. The Morgan fingerprint density at radius 2 is 1.86 bits per heavy atom. The molecule has 7 rings (SSSR count). The van der Waals surface area contributed by atoms with Crippen LogP contribution in [0.2, 0.25) is 5.02 Å². The minimum atomic E-state index is -0.553. The first-order valence-electron chi connectivity index (χ1n) is 14.8. The van der Waals surface area contributed by atoms with E-state index >= 15 is 0 Å². The molecule has 2 N–H and O–H groups in total. The van der Waals surface area contributed by atoms with Crippen molar-refractivity contribution in [3.05, 3.63) is 88.1 Å². The summed E-state index contributed by atoms with van der Waals surface area (Å²) in [5, 5.41) is 11.2. The summed E-state index contributed by atoms with van der Waals surface area (Å²) >= 11 is 6.59. The number of hydrogen-bond acceptors (Lipinski definition) is 5. The molecule has 44 heavy (non-hydrogen) atoms. The largest absolute Gasteiger partial charge is 0.343 e. The molecule has 0 bridgehead atoms. The highest BCUT2D eigenvalue weighted by molar-refractivity contribution is 6.35. The molecular weight excluding hydrogens is 585 g/mol. The number of urea groups is 1. The van der Waals surface area contributed by atoms with Crippen LogP contribution in [0.4, 0.5) is 14.9 Å². The Kier molecular flexibility index (Phi) is 7.41. The predicted octanol–water partition coefficient (Wildman–Crippen LogP) is 4.88. The van der Waals surface area contributed by atoms with Gasteiger partial charge in [-0.2, -0.15) is 5.10 Å². The summed E-state index contributed by atoms with van der Waals surface area (Å²) in [4.78, 5) is 49.9. The molecule has 1 atom stereocenters. The van der Waals surface area contributed by atoms with Gasteiger partial charge in [-0.1, -0.05) is 23.7 Å². The Morgan fingerprint density at radius 3 is 2.66 bits per heavy atom. The standard InChI is InChI=1S/C32H31ClFN7O3/c33-26-13-21-12-22(31(43)40(16-19-4-8-35-9-5-19)18-25(21)24-15-36-38-30(24)26)14-28(42)39-10-6-23(7-11-39)41-17-20-2-1-3-27(34)29(20)37-32(41)44/h1-5,8-9,13,15,22-23H,6-7,10-12,14,16-18H2,(H,36,38)(H,37,44)/t22-/m0/s1. The lowest BCUT2D eigenvalue weighted by atomic mass is 9.92. The monoisotopic (exact) mass is 615 g/mol. The lowest BCUT2D eigenvalue weighted by Crippen LogP contribution is -2.51. The molecular formula is C32H31ClFN7O3. The fourth-order valence-electron chi connectivity index (χ4n) is 6.77. The average Bonchev–Trinajstić information content (AvgIpc) is 3.49. The van der Waals surface area contributed by atoms with Gasteiger partial charge in [0, 0.05) is 63.0 Å². The number of benzene rings is 2. The van der Waals surface area contributed by atoms with Crippen molar-refractivity contribution in [3.63, 3.8) is 0 Å². The van der Waals surface area contributed by atoms with E-state index < -0.39 is 11.7 Å². The zero-order valence-corrected chi connectivity index (χ0v) is 24.7. The van der Waals surface area contributed by atoms with E-state index in [1.165, 1.54) is 6.07 Å². The molecule has 2 aromatic heterocycles. The molecule has 4 aromatic rings. The molecule has 1 saturated heterocycles. The van der Waals surface area contributed by atoms with Gasteiger partial charge in [0.2, 0.25) is 11.8 Å². The first kappa shape index (κ1) is 28.3. The Morgan fingerprint density at radius 1 is 1.07 bits per heavy atom. The molecule has 0 unspecified atom stereocenters. The van der Waals surface area contributed by atoms with Gasteiger partial charge in [-0.05, 0) is 65.8 Å². The van der Waals surface area contributed by atoms with E-state index in [1.807, 2.05) is 24.3 Å². The number of pyridine rings is 1. The topological polar surface area (TPSA) is 115 Å². The number of aromatic nitrogens is 3. The molecule has 226 valence electrons. The molecule has 2 aromatic carbocycles. The summed E-state index contributed by atoms with van der Waals surface area (Å²) in [7, 11) is 0. The molecule has 3 aliphatic heterocycles. The molecule has 3 aliphatic rings. The van der Waals surface area contributed by atoms with E-state index in [2.05, 4.69) is 20.5 Å². The van der Waals surface area contributed by atoms with Gasteiger partial charge in [0.15, 0.2) is 0 Å². The van der Waals surface area contributed by atoms with Crippen LogP contribution in [0.25, 0.3) is 10.9 Å². The number of likely N-dealkylation sites (tertiary alicyclic amines) is 1. The summed E-state index contributed by atoms with van der Waals surface area (Å²) in [6.45, 7) is 2.05. The Hall–Kier alpha value is -4.51. The van der Waals surface area contributed by atoms with Gasteiger partial charge in [-0.25, -0.2) is 9.18 Å². The fraction of sp³-hybridized carbons (Fsp3) is 0.344. The van der Waals surface area contributed by atoms with Crippen LogP contribution in [0.5, 0.6) is 0 Å². The third kappa shape index (κ3) is 5.25. The normalized spacial score (nSPS) is 19.0. The number of carbonyl (C=O) groups excluding carboxylic acids is 3. The predicted molar refractivity (Wildman–Crippen MR) is 162 cm³/mol. The van der Waals surface area contributed by atoms with Crippen molar-refractivity contribution in [1.29, 1.82) is 0 Å². The van der Waals surface area contributed by atoms with Crippen molar-refractivity contribution in [2.45, 2.75) is 51.4 Å². The summed E-state index contributed by atoms with van der Waals surface area (Å²) in [5.74, 6) is -1.16. The second kappa shape index (κ2) is 11.5. The van der Waals surface area contributed by atoms with Crippen molar-refractivity contribution in [2.24, 2.45) is 5.92 Å². The Bertz CT molecular complexity index is 1760. The van der Waals surface area contributed by atoms with Gasteiger partial charge in [0.05, 0.1) is 28.3 Å². The van der Waals surface area contributed by atoms with Crippen molar-refractivity contribution in [3.8, 4) is 0 Å². The van der Waals surface area contributed by atoms with Gasteiger partial charge in [0.25, 0.3) is 0 Å². The number of fused-ring (bicyclic) bond motifs is 4. The highest BCUT2D eigenvalue weighted by Crippen LogP contribution is 2.35. The zero-order chi connectivity index (χ0) is 30.4. The number of rotatable bonds is 5. The number of amides is 4. The lowest BCUT2D eigenvalue weighted by molar-refractivity contribution is -0.142. The summed E-state index contributed by atoms with van der Waals surface area (Å²) in [6, 6.07) is 10.1. The van der Waals surface area contributed by atoms with E-state index in [0.29, 0.717) is 57.0 Å². The first-order chi connectivity index (χ1) is 21.4. The van der Waals surface area contributed by atoms with E-state index in [4.69, 9.17) is 11.6 Å². The maximum atomic E-state index is 14.2. The van der Waals surface area contributed by atoms with E-state index in [1.54, 1.807) is 39.4 Å². The molecule has 0 radical (unpaired) electrons. The second-order valence-electron chi connectivity index (χ2n) is 11.8. The molecule has 12 heteroatoms. The quantitative estimate of drug-likeness (QED) is 0.332. The maximum Gasteiger partial charge on any atom is 0.322 e. The van der Waals surface area contributed by atoms with Gasteiger partial charge < -0.3 is 20.0 Å². The van der Waals surface area contributed by atoms with Crippen LogP contribution >= 0.6 is 11.6 Å². The number of hydrogen-bond donors (Lipinski definition) is 2. The average molecular weight is 616 g/mol. The van der Waals surface area contributed by atoms with Crippen LogP contribution in [0.3, 0.4) is 0 Å². The molecule has 10 nitrogen and oxygen atoms in total. The van der Waals surface area contributed by atoms with Crippen LogP contribution < -0.4 is 5.32 Å². The van der Waals surface area contributed by atoms with Crippen LogP contribution in [-0.4, -0.2) is 66.9 Å². The summed E-state index contributed by atoms with van der Waals surface area (Å²) in [5.41, 5.74) is 4.59. The van der Waals surface area contributed by atoms with E-state index in [9.17, 15) is 18.8 Å². The Labute approximate surface area is 258 Å². The number of nitrogens with zero attached hydrogens (tertiary/aromatic N) is 5. The van der Waals surface area contributed by atoms with Gasteiger partial charge in [-0.3, -0.25) is 19.7 Å². The molecule has 0 spiro atoms. The summed E-state index contributed by atoms with van der Waals surface area (Å²) < 4.78 is 14.2. The van der Waals surface area contributed by atoms with E-state index in [0.717, 1.165) is 33.2 Å². The van der Waals surface area contributed by atoms with Gasteiger partial charge in [-0.15, -0.1) is 0 Å². The molecule has 0 aliphatic carbocycles. The molecule has 4 amide bonds. The van der Waals surface area contributed by atoms with Crippen molar-refractivity contribution in [1.82, 2.24) is 29.9 Å². The number of halogens is 2. The highest BCUT2D eigenvalue weighted by atomic mass is 35.5. The minimum Gasteiger partial charge on any atom is -0.343 e. The van der Waals surface area contributed by atoms with Crippen molar-refractivity contribution in [2.75, 3.05) is 18.4 Å². The first-order valence-corrected chi connectivity index (χ1v) is 15.2. The number of piperidine rings is 1. The highest BCUT2D eigenvalue weighted by Gasteiger charge is 2.37. The van der Waals surface area contributed by atoms with Crippen molar-refractivity contribution < 1.29 is 18.8 Å². The summed E-state index contributed by atoms with van der Waals surface area (Å²) in [6.07, 6.45) is 6.83. The third-order valence-electron chi connectivity index (χ3n) is 9.10. The Balaban J connectivity index is 1.07. The fourth-order valence-corrected chi connectivity index (χ4v) is 7.04. The SMILES string of the molecule is O=C(C[C@@H]1Cc2cc(Cl)c3[nH]ncc3c2CN(Cc2ccncc2)C1=O)N1CCC(N2Cc3cccc(F)c3NC2=O)CC1. The number of nitrogens with one attached hydrogen (secondary N) is 2. The van der Waals surface area contributed by atoms with Crippen LogP contribution in [0.15, 0.2) is 55.0 Å². The lowest BCUT2D eigenvalue weighted by Gasteiger charge is -2.40. The zero-order valence-electron chi connectivity index (χ0n) is 23.9. The maximum absolute atomic E-state index is 14.2. The number of para-hydroxylation sites is 1. The molecule has 1 fully saturated rings. The molecule has 5 heterocycles. The number of H-pyrrole nitrogens is 1. The number of aromatic amines is 1. The second-order valence-corrected chi connectivity index (χ2v) is 12.2.